The Morgan fingerprint density at radius 3 is 1.46 bits per heavy atom. The smallest absolute Gasteiger partial charge is 0.313 e. The third kappa shape index (κ3) is 17.0. The maximum atomic E-state index is 10.1. The summed E-state index contributed by atoms with van der Waals surface area (Å²) in [7, 11) is 0. The normalized spacial score (nSPS) is 9.07. The second-order valence-electron chi connectivity index (χ2n) is 7.77. The Kier molecular flexibility index (Phi) is 19.1. The zero-order chi connectivity index (χ0) is 30.5. The minimum atomic E-state index is -0.889. The third-order valence-electron chi connectivity index (χ3n) is 4.97. The average Bonchev–Trinajstić information content (AvgIpc) is 2.94. The molecular weight excluding hydrogens is 698 g/mol. The highest BCUT2D eigenvalue weighted by Gasteiger charge is 1.99. The fraction of sp³-hybridized carbons (Fsp3) is 0.100. The molecule has 0 atom stereocenters. The summed E-state index contributed by atoms with van der Waals surface area (Å²) < 4.78 is 10.0. The van der Waals surface area contributed by atoms with Gasteiger partial charge in [0, 0.05) is 12.7 Å². The number of carbonyl (C=O) groups excluding carboxylic acids is 2. The molecule has 4 rings (SSSR count). The van der Waals surface area contributed by atoms with Crippen LogP contribution in [0.25, 0.3) is 0 Å². The van der Waals surface area contributed by atoms with E-state index in [9.17, 15) is 4.79 Å². The molecule has 4 aromatic carbocycles. The van der Waals surface area contributed by atoms with Gasteiger partial charge in [-0.05, 0) is 112 Å². The molecule has 0 spiro atoms. The lowest BCUT2D eigenvalue weighted by atomic mass is 10.0. The van der Waals surface area contributed by atoms with E-state index in [1.54, 1.807) is 30.5 Å². The maximum absolute atomic E-state index is 10.1. The van der Waals surface area contributed by atoms with Crippen LogP contribution in [0.4, 0.5) is 21.9 Å². The molecule has 0 aliphatic rings. The number of anilines is 2. The highest BCUT2D eigenvalue weighted by molar-refractivity contribution is 14.1. The second-order valence-corrected chi connectivity index (χ2v) is 8.65. The standard InChI is InChI=1S/C15H10N2O2.C13H14N2.CCl2O.CH3I.ClH/c16-10-19-15-7-3-13(4-8-15)9-12-1-5-14(6-2-12)17-11-18;14-12-5-1-10(2-6-12)9-11-3-7-13(15)8-4-11;2-1(3)4;1-2;/h1-8H,9H2;1-8H,9,14-15H2;;1H3;1H/i;;;1D;. The van der Waals surface area contributed by atoms with Crippen LogP contribution in [0.3, 0.4) is 0 Å². The Morgan fingerprint density at radius 1 is 0.829 bits per heavy atom. The van der Waals surface area contributed by atoms with Crippen molar-refractivity contribution in [3.05, 3.63) is 119 Å². The van der Waals surface area contributed by atoms with Gasteiger partial charge in [-0.15, -0.1) is 17.7 Å². The van der Waals surface area contributed by atoms with Gasteiger partial charge < -0.3 is 16.2 Å². The number of halogens is 4. The maximum Gasteiger partial charge on any atom is 0.313 e. The summed E-state index contributed by atoms with van der Waals surface area (Å²) in [6.45, 7) is 0. The van der Waals surface area contributed by atoms with Crippen LogP contribution in [-0.4, -0.2) is 15.7 Å². The van der Waals surface area contributed by atoms with Gasteiger partial charge >= 0.3 is 4.70 Å². The molecule has 0 saturated carbocycles. The van der Waals surface area contributed by atoms with E-state index in [4.69, 9.17) is 27.6 Å². The van der Waals surface area contributed by atoms with Gasteiger partial charge in [-0.1, -0.05) is 71.1 Å². The van der Waals surface area contributed by atoms with Crippen molar-refractivity contribution in [2.24, 2.45) is 4.99 Å². The van der Waals surface area contributed by atoms with Crippen LogP contribution < -0.4 is 16.2 Å². The molecule has 0 fully saturated rings. The number of nitriles is 1. The highest BCUT2D eigenvalue weighted by atomic mass is 127. The summed E-state index contributed by atoms with van der Waals surface area (Å²) in [4.78, 5) is 23.1. The van der Waals surface area contributed by atoms with E-state index in [0.29, 0.717) is 16.3 Å². The summed E-state index contributed by atoms with van der Waals surface area (Å²) in [6.07, 6.45) is 4.81. The first-order valence-electron chi connectivity index (χ1n) is 12.1. The predicted molar refractivity (Wildman–Crippen MR) is 179 cm³/mol. The molecule has 0 amide bonds. The van der Waals surface area contributed by atoms with Crippen molar-refractivity contribution < 1.29 is 15.7 Å². The Bertz CT molecular complexity index is 1370. The SMILES string of the molecule is Cl.N#COc1ccc(Cc2ccc(N=C=O)cc2)cc1.Nc1ccc(Cc2ccc(N)cc2)cc1.O=C(Cl)Cl.[2H]CI. The quantitative estimate of drug-likeness (QED) is 0.0389. The van der Waals surface area contributed by atoms with E-state index in [0.717, 1.165) is 35.3 Å². The first-order valence-corrected chi connectivity index (χ1v) is 13.7. The van der Waals surface area contributed by atoms with Crippen LogP contribution in [-0.2, 0) is 17.6 Å². The van der Waals surface area contributed by atoms with Gasteiger partial charge in [0.2, 0.25) is 6.08 Å². The molecule has 7 nitrogen and oxygen atoms in total. The summed E-state index contributed by atoms with van der Waals surface area (Å²) in [5.41, 5.74) is 18.2. The predicted octanol–water partition coefficient (Wildman–Crippen LogP) is 8.60. The molecule has 41 heavy (non-hydrogen) atoms. The minimum Gasteiger partial charge on any atom is -0.399 e. The molecule has 0 heterocycles. The van der Waals surface area contributed by atoms with Gasteiger partial charge in [-0.3, -0.25) is 4.79 Å². The van der Waals surface area contributed by atoms with Gasteiger partial charge in [-0.25, -0.2) is 4.79 Å². The number of benzene rings is 4. The zero-order valence-corrected chi connectivity index (χ0v) is 26.2. The zero-order valence-electron chi connectivity index (χ0n) is 22.7. The first-order chi connectivity index (χ1) is 19.7. The fourth-order valence-electron chi connectivity index (χ4n) is 3.21. The number of aliphatic imine (C=N–C) groups is 1. The Morgan fingerprint density at radius 2 is 1.15 bits per heavy atom. The van der Waals surface area contributed by atoms with Crippen LogP contribution in [0.1, 0.15) is 23.6 Å². The second kappa shape index (κ2) is 22.1. The molecule has 0 unspecified atom stereocenters. The number of hydrogen-bond acceptors (Lipinski definition) is 7. The van der Waals surface area contributed by atoms with Crippen molar-refractivity contribution in [1.82, 2.24) is 0 Å². The molecule has 0 aromatic heterocycles. The lowest BCUT2D eigenvalue weighted by Crippen LogP contribution is -1.90. The molecule has 214 valence electrons. The van der Waals surface area contributed by atoms with Gasteiger partial charge in [-0.2, -0.15) is 4.99 Å². The lowest BCUT2D eigenvalue weighted by Gasteiger charge is -2.03. The van der Waals surface area contributed by atoms with Crippen LogP contribution in [0.15, 0.2) is 102 Å². The van der Waals surface area contributed by atoms with Crippen LogP contribution in [0, 0.1) is 11.5 Å². The minimum absolute atomic E-state index is 0. The van der Waals surface area contributed by atoms with Crippen molar-refractivity contribution in [1.29, 1.82) is 5.26 Å². The monoisotopic (exact) mass is 725 g/mol. The topological polar surface area (TPSA) is 132 Å². The molecule has 0 bridgehead atoms. The van der Waals surface area contributed by atoms with E-state index < -0.39 is 4.70 Å². The molecule has 0 radical (unpaired) electrons. The Labute approximate surface area is 271 Å². The van der Waals surface area contributed by atoms with Gasteiger partial charge in [0.15, 0.2) is 0 Å². The number of nitrogens with two attached hydrogens (primary N) is 2. The van der Waals surface area contributed by atoms with Crippen molar-refractivity contribution in [3.8, 4) is 12.0 Å². The van der Waals surface area contributed by atoms with Crippen LogP contribution in [0.5, 0.6) is 5.75 Å². The number of ether oxygens (including phenoxy) is 1. The molecular formula is C30H28Cl3IN4O3. The number of nitrogens with zero attached hydrogens (tertiary/aromatic N) is 2. The molecule has 0 aliphatic carbocycles. The summed E-state index contributed by atoms with van der Waals surface area (Å²) in [5.74, 6) is 0.530. The number of nitrogen functional groups attached to an aromatic ring is 2. The number of rotatable bonds is 6. The van der Waals surface area contributed by atoms with Crippen LogP contribution >= 0.6 is 58.2 Å². The number of carbonyl (C=O) groups is 1. The summed E-state index contributed by atoms with van der Waals surface area (Å²) in [5, 5.41) is 8.39. The van der Waals surface area contributed by atoms with Crippen molar-refractivity contribution in [2.75, 3.05) is 16.4 Å². The van der Waals surface area contributed by atoms with E-state index in [2.05, 4.69) is 28.2 Å². The van der Waals surface area contributed by atoms with Crippen LogP contribution in [0.2, 0.25) is 0 Å². The fourth-order valence-corrected chi connectivity index (χ4v) is 3.21. The van der Waals surface area contributed by atoms with E-state index in [1.165, 1.54) is 17.2 Å². The summed E-state index contributed by atoms with van der Waals surface area (Å²) >= 11 is 10.8. The molecule has 11 heteroatoms. The van der Waals surface area contributed by atoms with Crippen molar-refractivity contribution in [3.63, 3.8) is 0 Å². The lowest BCUT2D eigenvalue weighted by molar-refractivity contribution is 0.275. The average molecular weight is 727 g/mol. The van der Waals surface area contributed by atoms with Gasteiger partial charge in [0.05, 0.1) is 5.69 Å². The Balaban J connectivity index is 0.000000653. The largest absolute Gasteiger partial charge is 0.399 e. The third-order valence-corrected chi connectivity index (χ3v) is 4.97. The number of hydrogen-bond donors (Lipinski definition) is 2. The van der Waals surface area contributed by atoms with Gasteiger partial charge in [0.1, 0.15) is 5.75 Å². The van der Waals surface area contributed by atoms with Crippen molar-refractivity contribution in [2.45, 2.75) is 12.8 Å². The summed E-state index contributed by atoms with van der Waals surface area (Å²) in [6, 6.07) is 30.6. The van der Waals surface area contributed by atoms with Gasteiger partial charge in [0.25, 0.3) is 6.26 Å². The Hall–Kier alpha value is -3.58. The van der Waals surface area contributed by atoms with E-state index >= 15 is 0 Å². The molecule has 4 aromatic rings. The number of isocyanates is 1. The van der Waals surface area contributed by atoms with E-state index in [-0.39, 0.29) is 12.4 Å². The van der Waals surface area contributed by atoms with E-state index in [1.807, 2.05) is 95.4 Å². The molecule has 0 saturated heterocycles. The molecule has 0 aliphatic heterocycles. The molecule has 4 N–H and O–H groups in total. The highest BCUT2D eigenvalue weighted by Crippen LogP contribution is 2.18. The van der Waals surface area contributed by atoms with Crippen molar-refractivity contribution >= 4 is 86.0 Å². The number of alkyl halides is 1. The first kappa shape index (κ1) is 35.4.